The topological polar surface area (TPSA) is 0 Å². The van der Waals surface area contributed by atoms with Crippen molar-refractivity contribution in [1.29, 1.82) is 0 Å². The molecule has 0 nitrogen and oxygen atoms in total. The van der Waals surface area contributed by atoms with Gasteiger partial charge in [-0.05, 0) is 152 Å². The number of hydrogen-bond donors (Lipinski definition) is 0. The lowest BCUT2D eigenvalue weighted by molar-refractivity contribution is -0.0945. The molecule has 0 aromatic carbocycles. The van der Waals surface area contributed by atoms with E-state index in [1.807, 2.05) is 0 Å². The second kappa shape index (κ2) is 7.87. The van der Waals surface area contributed by atoms with Crippen molar-refractivity contribution in [3.05, 3.63) is 12.2 Å². The summed E-state index contributed by atoms with van der Waals surface area (Å²) >= 11 is 0. The Morgan fingerprint density at radius 2 is 1.62 bits per heavy atom. The highest BCUT2D eigenvalue weighted by Crippen LogP contribution is 2.87. The van der Waals surface area contributed by atoms with Gasteiger partial charge in [-0.1, -0.05) is 60.1 Å². The summed E-state index contributed by atoms with van der Waals surface area (Å²) in [6.07, 6.45) is 21.3. The summed E-state index contributed by atoms with van der Waals surface area (Å²) in [5, 5.41) is 0. The fourth-order valence-corrected chi connectivity index (χ4v) is 12.8. The summed E-state index contributed by atoms with van der Waals surface area (Å²) in [5.41, 5.74) is 4.34. The van der Waals surface area contributed by atoms with Crippen LogP contribution in [0.4, 0.5) is 0 Å². The molecular formula is C34H56. The van der Waals surface area contributed by atoms with E-state index < -0.39 is 0 Å². The van der Waals surface area contributed by atoms with Crippen LogP contribution in [0.25, 0.3) is 0 Å². The Morgan fingerprint density at radius 1 is 0.853 bits per heavy atom. The van der Waals surface area contributed by atoms with E-state index >= 15 is 0 Å². The first-order chi connectivity index (χ1) is 16.1. The van der Waals surface area contributed by atoms with Gasteiger partial charge in [-0.15, -0.1) is 0 Å². The van der Waals surface area contributed by atoms with Crippen molar-refractivity contribution in [3.63, 3.8) is 0 Å². The van der Waals surface area contributed by atoms with Crippen molar-refractivity contribution in [1.82, 2.24) is 0 Å². The van der Waals surface area contributed by atoms with Crippen molar-refractivity contribution < 1.29 is 0 Å². The third-order valence-corrected chi connectivity index (χ3v) is 14.4. The van der Waals surface area contributed by atoms with Gasteiger partial charge in [0.15, 0.2) is 0 Å². The monoisotopic (exact) mass is 464 g/mol. The second-order valence-electron chi connectivity index (χ2n) is 16.1. The summed E-state index contributed by atoms with van der Waals surface area (Å²) < 4.78 is 0. The van der Waals surface area contributed by atoms with Gasteiger partial charge in [0.2, 0.25) is 0 Å². The van der Waals surface area contributed by atoms with Crippen LogP contribution in [0.1, 0.15) is 131 Å². The van der Waals surface area contributed by atoms with Gasteiger partial charge in [-0.2, -0.15) is 0 Å². The molecule has 0 amide bonds. The molecule has 0 bridgehead atoms. The van der Waals surface area contributed by atoms with Crippen LogP contribution in [-0.4, -0.2) is 0 Å². The van der Waals surface area contributed by atoms with Crippen molar-refractivity contribution in [2.24, 2.45) is 69.0 Å². The molecule has 0 heterocycles. The number of hydrogen-bond acceptors (Lipinski definition) is 0. The van der Waals surface area contributed by atoms with Gasteiger partial charge < -0.3 is 0 Å². The largest absolute Gasteiger partial charge is 0.0999 e. The Labute approximate surface area is 212 Å². The predicted molar refractivity (Wildman–Crippen MR) is 145 cm³/mol. The SMILES string of the molecule is C=C(CC)CC(C(C)C)C1CCC2C(C1)CC1C3CCC4C(C)(C)CCCC45CC35CCC21C. The molecule has 0 aliphatic heterocycles. The lowest BCUT2D eigenvalue weighted by Gasteiger charge is -2.58. The Kier molecular flexibility index (Phi) is 5.58. The third kappa shape index (κ3) is 3.14. The summed E-state index contributed by atoms with van der Waals surface area (Å²) in [6, 6.07) is 0. The lowest BCUT2D eigenvalue weighted by Crippen LogP contribution is -2.51. The zero-order valence-electron chi connectivity index (χ0n) is 23.7. The van der Waals surface area contributed by atoms with Crippen LogP contribution in [0, 0.1) is 69.0 Å². The van der Waals surface area contributed by atoms with Gasteiger partial charge in [0.05, 0.1) is 0 Å². The molecule has 6 aliphatic carbocycles. The molecule has 10 atom stereocenters. The number of allylic oxidation sites excluding steroid dienone is 1. The first-order valence-corrected chi connectivity index (χ1v) is 15.7. The molecule has 0 N–H and O–H groups in total. The van der Waals surface area contributed by atoms with E-state index in [-0.39, 0.29) is 0 Å². The minimum absolute atomic E-state index is 0.610. The molecule has 0 saturated heterocycles. The minimum Gasteiger partial charge on any atom is -0.0999 e. The van der Waals surface area contributed by atoms with Crippen LogP contribution >= 0.6 is 0 Å². The molecule has 34 heavy (non-hydrogen) atoms. The standard InChI is InChI=1S/C34H56/c1-8-23(4)18-26(22(2)3)24-10-11-27-25(19-24)20-29-28-12-13-30-31(5,6)14-9-15-34(30)21-33(28,34)17-16-32(27,29)7/h22,24-30H,4,8-21H2,1-3,5-7H3. The molecule has 2 spiro atoms. The zero-order chi connectivity index (χ0) is 24.1. The normalized spacial score (nSPS) is 51.5. The van der Waals surface area contributed by atoms with Crippen LogP contribution in [-0.2, 0) is 0 Å². The van der Waals surface area contributed by atoms with E-state index in [0.29, 0.717) is 10.8 Å². The molecule has 0 heteroatoms. The van der Waals surface area contributed by atoms with E-state index in [0.717, 1.165) is 58.2 Å². The Bertz CT molecular complexity index is 818. The summed E-state index contributed by atoms with van der Waals surface area (Å²) in [5.74, 6) is 7.92. The van der Waals surface area contributed by atoms with Crippen molar-refractivity contribution >= 4 is 0 Å². The first kappa shape index (κ1) is 24.1. The van der Waals surface area contributed by atoms with Gasteiger partial charge in [0.1, 0.15) is 0 Å². The quantitative estimate of drug-likeness (QED) is 0.355. The van der Waals surface area contributed by atoms with Crippen LogP contribution in [0.2, 0.25) is 0 Å². The average Bonchev–Trinajstić information content (AvgIpc) is 3.36. The zero-order valence-corrected chi connectivity index (χ0v) is 23.7. The van der Waals surface area contributed by atoms with Gasteiger partial charge in [0, 0.05) is 0 Å². The van der Waals surface area contributed by atoms with Gasteiger partial charge in [-0.25, -0.2) is 0 Å². The minimum atomic E-state index is 0.610. The molecule has 6 aliphatic rings. The van der Waals surface area contributed by atoms with E-state index in [9.17, 15) is 0 Å². The average molecular weight is 465 g/mol. The van der Waals surface area contributed by atoms with Gasteiger partial charge in [0.25, 0.3) is 0 Å². The summed E-state index contributed by atoms with van der Waals surface area (Å²) in [6.45, 7) is 19.8. The Hall–Kier alpha value is -0.260. The molecule has 0 aromatic rings. The highest BCUT2D eigenvalue weighted by molar-refractivity contribution is 5.28. The maximum atomic E-state index is 4.43. The lowest BCUT2D eigenvalue weighted by atomic mass is 9.46. The molecule has 6 rings (SSSR count). The Balaban J connectivity index is 1.23. The highest BCUT2D eigenvalue weighted by atomic mass is 14.8. The molecule has 10 unspecified atom stereocenters. The number of rotatable bonds is 5. The molecule has 6 saturated carbocycles. The highest BCUT2D eigenvalue weighted by Gasteiger charge is 2.79. The molecular weight excluding hydrogens is 408 g/mol. The number of fused-ring (bicyclic) bond motifs is 4. The molecule has 192 valence electrons. The van der Waals surface area contributed by atoms with Crippen LogP contribution in [0.15, 0.2) is 12.2 Å². The van der Waals surface area contributed by atoms with Gasteiger partial charge >= 0.3 is 0 Å². The van der Waals surface area contributed by atoms with Crippen LogP contribution in [0.5, 0.6) is 0 Å². The van der Waals surface area contributed by atoms with E-state index in [1.165, 1.54) is 37.7 Å². The first-order valence-electron chi connectivity index (χ1n) is 15.7. The van der Waals surface area contributed by atoms with E-state index in [1.54, 1.807) is 57.8 Å². The smallest absolute Gasteiger partial charge is 0.0199 e. The second-order valence-corrected chi connectivity index (χ2v) is 16.1. The molecule has 0 radical (unpaired) electrons. The Morgan fingerprint density at radius 3 is 2.35 bits per heavy atom. The third-order valence-electron chi connectivity index (χ3n) is 14.4. The van der Waals surface area contributed by atoms with Gasteiger partial charge in [-0.3, -0.25) is 0 Å². The fraction of sp³-hybridized carbons (Fsp3) is 0.941. The summed E-state index contributed by atoms with van der Waals surface area (Å²) in [7, 11) is 0. The predicted octanol–water partition coefficient (Wildman–Crippen LogP) is 10.1. The van der Waals surface area contributed by atoms with E-state index in [2.05, 4.69) is 48.1 Å². The van der Waals surface area contributed by atoms with Crippen LogP contribution < -0.4 is 0 Å². The molecule has 6 fully saturated rings. The van der Waals surface area contributed by atoms with Crippen molar-refractivity contribution in [2.45, 2.75) is 131 Å². The maximum Gasteiger partial charge on any atom is -0.0199 e. The van der Waals surface area contributed by atoms with Crippen molar-refractivity contribution in [3.8, 4) is 0 Å². The maximum absolute atomic E-state index is 4.43. The fourth-order valence-electron chi connectivity index (χ4n) is 12.8. The molecule has 0 aromatic heterocycles. The van der Waals surface area contributed by atoms with E-state index in [4.69, 9.17) is 0 Å². The summed E-state index contributed by atoms with van der Waals surface area (Å²) in [4.78, 5) is 0. The van der Waals surface area contributed by atoms with Crippen molar-refractivity contribution in [2.75, 3.05) is 0 Å². The van der Waals surface area contributed by atoms with Crippen LogP contribution in [0.3, 0.4) is 0 Å².